The molecule has 17 heavy (non-hydrogen) atoms. The van der Waals surface area contributed by atoms with E-state index in [0.717, 1.165) is 24.3 Å². The number of hydrogen-bond acceptors (Lipinski definition) is 0. The van der Waals surface area contributed by atoms with Gasteiger partial charge in [0.2, 0.25) is 0 Å². The Bertz CT molecular complexity index is 577. The van der Waals surface area contributed by atoms with Crippen LogP contribution in [0.15, 0.2) is 30.3 Å². The van der Waals surface area contributed by atoms with Crippen molar-refractivity contribution < 1.29 is 22.0 Å². The van der Waals surface area contributed by atoms with Gasteiger partial charge >= 0.3 is 0 Å². The van der Waals surface area contributed by atoms with Crippen molar-refractivity contribution >= 4 is 0 Å². The van der Waals surface area contributed by atoms with Gasteiger partial charge in [0.1, 0.15) is 0 Å². The lowest BCUT2D eigenvalue weighted by Crippen LogP contribution is -1.94. The first-order valence-electron chi connectivity index (χ1n) is 4.59. The molecule has 0 aliphatic heterocycles. The molecule has 0 aliphatic carbocycles. The Kier molecular flexibility index (Phi) is 2.83. The van der Waals surface area contributed by atoms with Crippen LogP contribution in [0.1, 0.15) is 0 Å². The SMILES string of the molecule is Fc1ccc(-c2ccc(F)c(F)c2F)cc1F. The Hall–Kier alpha value is -1.91. The molecule has 0 aromatic heterocycles. The summed E-state index contributed by atoms with van der Waals surface area (Å²) in [5, 5.41) is 0. The number of benzene rings is 2. The van der Waals surface area contributed by atoms with Gasteiger partial charge < -0.3 is 0 Å². The smallest absolute Gasteiger partial charge is 0.195 e. The number of halogens is 5. The van der Waals surface area contributed by atoms with Crippen LogP contribution in [-0.2, 0) is 0 Å². The highest BCUT2D eigenvalue weighted by atomic mass is 19.2. The van der Waals surface area contributed by atoms with E-state index in [-0.39, 0.29) is 11.1 Å². The fraction of sp³-hybridized carbons (Fsp3) is 0. The molecule has 0 heterocycles. The summed E-state index contributed by atoms with van der Waals surface area (Å²) in [6.07, 6.45) is 0. The van der Waals surface area contributed by atoms with Gasteiger partial charge in [-0.2, -0.15) is 0 Å². The molecule has 0 atom stereocenters. The van der Waals surface area contributed by atoms with E-state index in [1.807, 2.05) is 0 Å². The molecule has 88 valence electrons. The summed E-state index contributed by atoms with van der Waals surface area (Å²) >= 11 is 0. The molecule has 0 radical (unpaired) electrons. The molecular formula is C12H5F5. The standard InChI is InChI=1S/C12H5F5/c13-8-3-1-6(5-10(8)15)7-2-4-9(14)12(17)11(7)16/h1-5H. The molecule has 2 rings (SSSR count). The van der Waals surface area contributed by atoms with Crippen molar-refractivity contribution in [2.24, 2.45) is 0 Å². The molecule has 0 amide bonds. The summed E-state index contributed by atoms with van der Waals surface area (Å²) in [5.41, 5.74) is -0.400. The molecular weight excluding hydrogens is 239 g/mol. The molecule has 0 fully saturated rings. The van der Waals surface area contributed by atoms with Crippen LogP contribution in [0.4, 0.5) is 22.0 Å². The maximum atomic E-state index is 13.3. The van der Waals surface area contributed by atoms with Crippen LogP contribution >= 0.6 is 0 Å². The van der Waals surface area contributed by atoms with Crippen LogP contribution in [0.2, 0.25) is 0 Å². The second kappa shape index (κ2) is 4.16. The van der Waals surface area contributed by atoms with E-state index in [0.29, 0.717) is 6.07 Å². The number of rotatable bonds is 1. The lowest BCUT2D eigenvalue weighted by molar-refractivity contribution is 0.449. The van der Waals surface area contributed by atoms with Gasteiger partial charge in [0.15, 0.2) is 29.1 Å². The average molecular weight is 244 g/mol. The predicted octanol–water partition coefficient (Wildman–Crippen LogP) is 4.05. The summed E-state index contributed by atoms with van der Waals surface area (Å²) in [6.45, 7) is 0. The second-order valence-electron chi connectivity index (χ2n) is 3.35. The second-order valence-corrected chi connectivity index (χ2v) is 3.35. The molecule has 5 heteroatoms. The Morgan fingerprint density at radius 2 is 1.24 bits per heavy atom. The zero-order valence-electron chi connectivity index (χ0n) is 8.28. The summed E-state index contributed by atoms with van der Waals surface area (Å²) in [5.74, 6) is -6.71. The first kappa shape index (κ1) is 11.6. The van der Waals surface area contributed by atoms with E-state index >= 15 is 0 Å². The van der Waals surface area contributed by atoms with Crippen LogP contribution in [0, 0.1) is 29.1 Å². The van der Waals surface area contributed by atoms with Crippen molar-refractivity contribution in [3.63, 3.8) is 0 Å². The van der Waals surface area contributed by atoms with Gasteiger partial charge in [-0.1, -0.05) is 6.07 Å². The van der Waals surface area contributed by atoms with Gasteiger partial charge in [-0.15, -0.1) is 0 Å². The van der Waals surface area contributed by atoms with Gasteiger partial charge in [-0.25, -0.2) is 22.0 Å². The fourth-order valence-electron chi connectivity index (χ4n) is 1.41. The molecule has 2 aromatic carbocycles. The average Bonchev–Trinajstić information content (AvgIpc) is 2.30. The van der Waals surface area contributed by atoms with Crippen molar-refractivity contribution in [3.8, 4) is 11.1 Å². The van der Waals surface area contributed by atoms with E-state index < -0.39 is 29.1 Å². The van der Waals surface area contributed by atoms with E-state index in [9.17, 15) is 22.0 Å². The molecule has 0 nitrogen and oxygen atoms in total. The minimum Gasteiger partial charge on any atom is -0.204 e. The molecule has 0 bridgehead atoms. The first-order chi connectivity index (χ1) is 8.00. The highest BCUT2D eigenvalue weighted by Crippen LogP contribution is 2.26. The Labute approximate surface area is 93.3 Å². The van der Waals surface area contributed by atoms with Crippen LogP contribution in [0.5, 0.6) is 0 Å². The lowest BCUT2D eigenvalue weighted by Gasteiger charge is -2.05. The summed E-state index contributed by atoms with van der Waals surface area (Å²) in [7, 11) is 0. The molecule has 0 saturated heterocycles. The molecule has 0 aliphatic rings. The topological polar surface area (TPSA) is 0 Å². The van der Waals surface area contributed by atoms with E-state index in [1.54, 1.807) is 0 Å². The summed E-state index contributed by atoms with van der Waals surface area (Å²) in [4.78, 5) is 0. The van der Waals surface area contributed by atoms with Crippen molar-refractivity contribution in [2.45, 2.75) is 0 Å². The van der Waals surface area contributed by atoms with E-state index in [4.69, 9.17) is 0 Å². The Morgan fingerprint density at radius 1 is 0.588 bits per heavy atom. The monoisotopic (exact) mass is 244 g/mol. The maximum absolute atomic E-state index is 13.3. The van der Waals surface area contributed by atoms with E-state index in [2.05, 4.69) is 0 Å². The normalized spacial score (nSPS) is 10.6. The van der Waals surface area contributed by atoms with Gasteiger partial charge in [0.05, 0.1) is 0 Å². The quantitative estimate of drug-likeness (QED) is 0.524. The first-order valence-corrected chi connectivity index (χ1v) is 4.59. The molecule has 0 unspecified atom stereocenters. The summed E-state index contributed by atoms with van der Waals surface area (Å²) < 4.78 is 64.5. The van der Waals surface area contributed by atoms with Crippen molar-refractivity contribution in [1.29, 1.82) is 0 Å². The van der Waals surface area contributed by atoms with Crippen LogP contribution in [-0.4, -0.2) is 0 Å². The van der Waals surface area contributed by atoms with Gasteiger partial charge in [0, 0.05) is 5.56 Å². The Morgan fingerprint density at radius 3 is 1.88 bits per heavy atom. The fourth-order valence-corrected chi connectivity index (χ4v) is 1.41. The zero-order valence-corrected chi connectivity index (χ0v) is 8.28. The molecule has 2 aromatic rings. The highest BCUT2D eigenvalue weighted by Gasteiger charge is 2.15. The largest absolute Gasteiger partial charge is 0.204 e. The molecule has 0 saturated carbocycles. The maximum Gasteiger partial charge on any atom is 0.195 e. The van der Waals surface area contributed by atoms with Gasteiger partial charge in [-0.3, -0.25) is 0 Å². The minimum atomic E-state index is -1.65. The number of hydrogen-bond donors (Lipinski definition) is 0. The van der Waals surface area contributed by atoms with Gasteiger partial charge in [-0.05, 0) is 29.8 Å². The van der Waals surface area contributed by atoms with Crippen LogP contribution in [0.3, 0.4) is 0 Å². The van der Waals surface area contributed by atoms with Crippen LogP contribution < -0.4 is 0 Å². The Balaban J connectivity index is 2.61. The lowest BCUT2D eigenvalue weighted by atomic mass is 10.0. The van der Waals surface area contributed by atoms with Gasteiger partial charge in [0.25, 0.3) is 0 Å². The molecule has 0 N–H and O–H groups in total. The minimum absolute atomic E-state index is 0.0692. The van der Waals surface area contributed by atoms with Crippen LogP contribution in [0.25, 0.3) is 11.1 Å². The third-order valence-corrected chi connectivity index (χ3v) is 2.27. The predicted molar refractivity (Wildman–Crippen MR) is 51.7 cm³/mol. The van der Waals surface area contributed by atoms with Crippen molar-refractivity contribution in [3.05, 3.63) is 59.4 Å². The van der Waals surface area contributed by atoms with E-state index in [1.165, 1.54) is 0 Å². The van der Waals surface area contributed by atoms with Crippen molar-refractivity contribution in [2.75, 3.05) is 0 Å². The third-order valence-electron chi connectivity index (χ3n) is 2.27. The zero-order chi connectivity index (χ0) is 12.6. The molecule has 0 spiro atoms. The van der Waals surface area contributed by atoms with Crippen molar-refractivity contribution in [1.82, 2.24) is 0 Å². The third kappa shape index (κ3) is 2.00. The highest BCUT2D eigenvalue weighted by molar-refractivity contribution is 5.64. The summed E-state index contributed by atoms with van der Waals surface area (Å²) in [6, 6.07) is 4.25.